The van der Waals surface area contributed by atoms with Gasteiger partial charge in [-0.25, -0.2) is 0 Å². The molecule has 1 aliphatic heterocycles. The van der Waals surface area contributed by atoms with Crippen LogP contribution in [0.25, 0.3) is 0 Å². The lowest BCUT2D eigenvalue weighted by Gasteiger charge is -2.34. The SMILES string of the molecule is CC(N)C(c1ccsc1)N(C)CC1CCOCC1. The zero-order chi connectivity index (χ0) is 13.0. The molecule has 4 heteroatoms. The van der Waals surface area contributed by atoms with E-state index in [1.807, 2.05) is 0 Å². The average Bonchev–Trinajstić information content (AvgIpc) is 2.83. The lowest BCUT2D eigenvalue weighted by atomic mass is 9.96. The van der Waals surface area contributed by atoms with Crippen molar-refractivity contribution >= 4 is 11.3 Å². The summed E-state index contributed by atoms with van der Waals surface area (Å²) in [5.41, 5.74) is 7.52. The van der Waals surface area contributed by atoms with Gasteiger partial charge < -0.3 is 10.5 Å². The van der Waals surface area contributed by atoms with Gasteiger partial charge in [0.2, 0.25) is 0 Å². The smallest absolute Gasteiger partial charge is 0.0501 e. The fourth-order valence-corrected chi connectivity index (χ4v) is 3.54. The molecule has 3 nitrogen and oxygen atoms in total. The predicted octanol–water partition coefficient (Wildman–Crippen LogP) is 2.49. The van der Waals surface area contributed by atoms with Gasteiger partial charge >= 0.3 is 0 Å². The summed E-state index contributed by atoms with van der Waals surface area (Å²) < 4.78 is 5.42. The maximum absolute atomic E-state index is 6.17. The molecule has 1 aliphatic rings. The first-order chi connectivity index (χ1) is 8.68. The highest BCUT2D eigenvalue weighted by Crippen LogP contribution is 2.26. The third kappa shape index (κ3) is 3.54. The van der Waals surface area contributed by atoms with Gasteiger partial charge in [-0.2, -0.15) is 11.3 Å². The molecule has 2 atom stereocenters. The van der Waals surface area contributed by atoms with Gasteiger partial charge in [0.05, 0.1) is 6.04 Å². The van der Waals surface area contributed by atoms with Gasteiger partial charge in [0.25, 0.3) is 0 Å². The van der Waals surface area contributed by atoms with Crippen LogP contribution < -0.4 is 5.73 Å². The Kier molecular flexibility index (Phi) is 5.18. The van der Waals surface area contributed by atoms with Crippen molar-refractivity contribution in [3.8, 4) is 0 Å². The van der Waals surface area contributed by atoms with Crippen molar-refractivity contribution < 1.29 is 4.74 Å². The van der Waals surface area contributed by atoms with Crippen molar-refractivity contribution in [2.45, 2.75) is 31.8 Å². The van der Waals surface area contributed by atoms with E-state index in [0.29, 0.717) is 6.04 Å². The van der Waals surface area contributed by atoms with Gasteiger partial charge in [-0.15, -0.1) is 0 Å². The number of rotatable bonds is 5. The summed E-state index contributed by atoms with van der Waals surface area (Å²) in [6.07, 6.45) is 2.36. The van der Waals surface area contributed by atoms with Crippen LogP contribution >= 0.6 is 11.3 Å². The normalized spacial score (nSPS) is 21.1. The van der Waals surface area contributed by atoms with Gasteiger partial charge in [-0.3, -0.25) is 4.90 Å². The van der Waals surface area contributed by atoms with Crippen LogP contribution in [0.2, 0.25) is 0 Å². The molecule has 1 aromatic rings. The summed E-state index contributed by atoms with van der Waals surface area (Å²) in [4.78, 5) is 2.42. The number of nitrogens with zero attached hydrogens (tertiary/aromatic N) is 1. The molecule has 0 aromatic carbocycles. The largest absolute Gasteiger partial charge is 0.381 e. The fourth-order valence-electron chi connectivity index (χ4n) is 2.85. The van der Waals surface area contributed by atoms with Crippen molar-refractivity contribution in [2.24, 2.45) is 11.7 Å². The molecule has 1 aromatic heterocycles. The van der Waals surface area contributed by atoms with Gasteiger partial charge in [0.1, 0.15) is 0 Å². The molecule has 0 spiro atoms. The minimum atomic E-state index is 0.157. The number of ether oxygens (including phenoxy) is 1. The van der Waals surface area contributed by atoms with E-state index >= 15 is 0 Å². The molecule has 2 N–H and O–H groups in total. The minimum Gasteiger partial charge on any atom is -0.381 e. The highest BCUT2D eigenvalue weighted by Gasteiger charge is 2.24. The molecule has 0 saturated carbocycles. The predicted molar refractivity (Wildman–Crippen MR) is 76.9 cm³/mol. The van der Waals surface area contributed by atoms with E-state index in [-0.39, 0.29) is 6.04 Å². The van der Waals surface area contributed by atoms with E-state index in [4.69, 9.17) is 10.5 Å². The Hall–Kier alpha value is -0.420. The molecule has 2 rings (SSSR count). The Bertz CT molecular complexity index is 334. The van der Waals surface area contributed by atoms with E-state index in [1.165, 1.54) is 18.4 Å². The van der Waals surface area contributed by atoms with Crippen LogP contribution in [-0.2, 0) is 4.74 Å². The lowest BCUT2D eigenvalue weighted by molar-refractivity contribution is 0.0487. The maximum Gasteiger partial charge on any atom is 0.0501 e. The van der Waals surface area contributed by atoms with Crippen molar-refractivity contribution in [1.29, 1.82) is 0 Å². The van der Waals surface area contributed by atoms with Crippen molar-refractivity contribution in [2.75, 3.05) is 26.8 Å². The highest BCUT2D eigenvalue weighted by atomic mass is 32.1. The first-order valence-corrected chi connectivity index (χ1v) is 7.68. The Morgan fingerprint density at radius 2 is 2.22 bits per heavy atom. The van der Waals surface area contributed by atoms with E-state index < -0.39 is 0 Å². The van der Waals surface area contributed by atoms with Crippen LogP contribution in [0.15, 0.2) is 16.8 Å². The molecule has 0 radical (unpaired) electrons. The molecular weight excluding hydrogens is 244 g/mol. The van der Waals surface area contributed by atoms with Crippen LogP contribution in [0.1, 0.15) is 31.4 Å². The van der Waals surface area contributed by atoms with Gasteiger partial charge in [0.15, 0.2) is 0 Å². The zero-order valence-electron chi connectivity index (χ0n) is 11.3. The number of nitrogens with two attached hydrogens (primary N) is 1. The molecule has 1 fully saturated rings. The first kappa shape index (κ1) is 14.0. The molecule has 0 aliphatic carbocycles. The summed E-state index contributed by atoms with van der Waals surface area (Å²) in [5, 5.41) is 4.35. The third-order valence-electron chi connectivity index (χ3n) is 3.74. The van der Waals surface area contributed by atoms with Crippen LogP contribution in [0, 0.1) is 5.92 Å². The molecular formula is C14H24N2OS. The standard InChI is InChI=1S/C14H24N2OS/c1-11(15)14(13-5-8-18-10-13)16(2)9-12-3-6-17-7-4-12/h5,8,10-12,14H,3-4,6-7,9,15H2,1-2H3. The number of thiophene rings is 1. The van der Waals surface area contributed by atoms with Crippen LogP contribution in [0.3, 0.4) is 0 Å². The number of hydrogen-bond acceptors (Lipinski definition) is 4. The Labute approximate surface area is 114 Å². The second-order valence-corrected chi connectivity index (χ2v) is 6.14. The van der Waals surface area contributed by atoms with Gasteiger partial charge in [-0.1, -0.05) is 0 Å². The third-order valence-corrected chi connectivity index (χ3v) is 4.45. The van der Waals surface area contributed by atoms with Crippen molar-refractivity contribution in [3.05, 3.63) is 22.4 Å². The van der Waals surface area contributed by atoms with Crippen LogP contribution in [0.4, 0.5) is 0 Å². The monoisotopic (exact) mass is 268 g/mol. The van der Waals surface area contributed by atoms with E-state index in [0.717, 1.165) is 25.7 Å². The van der Waals surface area contributed by atoms with Crippen molar-refractivity contribution in [3.63, 3.8) is 0 Å². The maximum atomic E-state index is 6.17. The molecule has 0 amide bonds. The quantitative estimate of drug-likeness (QED) is 0.891. The molecule has 2 unspecified atom stereocenters. The van der Waals surface area contributed by atoms with Crippen molar-refractivity contribution in [1.82, 2.24) is 4.90 Å². The first-order valence-electron chi connectivity index (χ1n) is 6.74. The second kappa shape index (κ2) is 6.66. The van der Waals surface area contributed by atoms with Crippen LogP contribution in [0.5, 0.6) is 0 Å². The highest BCUT2D eigenvalue weighted by molar-refractivity contribution is 7.07. The Morgan fingerprint density at radius 3 is 2.78 bits per heavy atom. The minimum absolute atomic E-state index is 0.157. The molecule has 102 valence electrons. The summed E-state index contributed by atoms with van der Waals surface area (Å²) in [7, 11) is 2.20. The van der Waals surface area contributed by atoms with Crippen LogP contribution in [-0.4, -0.2) is 37.7 Å². The Balaban J connectivity index is 1.97. The molecule has 18 heavy (non-hydrogen) atoms. The summed E-state index contributed by atoms with van der Waals surface area (Å²) >= 11 is 1.75. The van der Waals surface area contributed by atoms with Gasteiger partial charge in [-0.05, 0) is 55.1 Å². The van der Waals surface area contributed by atoms with E-state index in [9.17, 15) is 0 Å². The van der Waals surface area contributed by atoms with E-state index in [2.05, 4.69) is 35.7 Å². The number of hydrogen-bond donors (Lipinski definition) is 1. The number of likely N-dealkylation sites (N-methyl/N-ethyl adjacent to an activating group) is 1. The molecule has 2 heterocycles. The average molecular weight is 268 g/mol. The van der Waals surface area contributed by atoms with E-state index in [1.54, 1.807) is 11.3 Å². The topological polar surface area (TPSA) is 38.5 Å². The summed E-state index contributed by atoms with van der Waals surface area (Å²) in [5.74, 6) is 0.753. The van der Waals surface area contributed by atoms with Gasteiger partial charge in [0, 0.05) is 25.8 Å². The summed E-state index contributed by atoms with van der Waals surface area (Å²) in [6.45, 7) is 5.05. The lowest BCUT2D eigenvalue weighted by Crippen LogP contribution is -2.40. The second-order valence-electron chi connectivity index (χ2n) is 5.36. The fraction of sp³-hybridized carbons (Fsp3) is 0.714. The summed E-state index contributed by atoms with van der Waals surface area (Å²) in [6, 6.07) is 2.68. The Morgan fingerprint density at radius 1 is 1.50 bits per heavy atom. The molecule has 0 bridgehead atoms. The molecule has 1 saturated heterocycles. The zero-order valence-corrected chi connectivity index (χ0v) is 12.2.